The Hall–Kier alpha value is -7.08. The van der Waals surface area contributed by atoms with E-state index in [1.807, 2.05) is 29.8 Å². The van der Waals surface area contributed by atoms with Gasteiger partial charge in [0.2, 0.25) is 0 Å². The minimum atomic E-state index is 0.931. The van der Waals surface area contributed by atoms with Crippen molar-refractivity contribution in [3.05, 3.63) is 182 Å². The number of hydrogen-bond acceptors (Lipinski definition) is 3. The highest BCUT2D eigenvalue weighted by Gasteiger charge is 2.17. The fourth-order valence-corrected chi connectivity index (χ4v) is 9.68. The van der Waals surface area contributed by atoms with E-state index >= 15 is 0 Å². The van der Waals surface area contributed by atoms with Crippen molar-refractivity contribution in [3.63, 3.8) is 0 Å². The van der Waals surface area contributed by atoms with E-state index in [1.165, 1.54) is 69.8 Å². The van der Waals surface area contributed by atoms with Gasteiger partial charge >= 0.3 is 0 Å². The molecule has 0 aliphatic carbocycles. The molecule has 0 amide bonds. The zero-order valence-corrected chi connectivity index (χ0v) is 30.3. The number of thiophene rings is 1. The van der Waals surface area contributed by atoms with Gasteiger partial charge in [-0.3, -0.25) is 9.97 Å². The first-order valence-electron chi connectivity index (χ1n) is 18.6. The van der Waals surface area contributed by atoms with Gasteiger partial charge in [-0.2, -0.15) is 0 Å². The molecule has 0 fully saturated rings. The van der Waals surface area contributed by atoms with Crippen molar-refractivity contribution in [2.75, 3.05) is 0 Å². The molecule has 0 saturated carbocycles. The Morgan fingerprint density at radius 3 is 1.75 bits per heavy atom. The van der Waals surface area contributed by atoms with E-state index < -0.39 is 0 Å². The van der Waals surface area contributed by atoms with Crippen LogP contribution in [0.3, 0.4) is 0 Å². The van der Waals surface area contributed by atoms with E-state index in [0.29, 0.717) is 0 Å². The first-order chi connectivity index (χ1) is 27.2. The van der Waals surface area contributed by atoms with Gasteiger partial charge in [-0.1, -0.05) is 109 Å². The van der Waals surface area contributed by atoms with Crippen LogP contribution in [0.5, 0.6) is 0 Å². The van der Waals surface area contributed by atoms with Crippen LogP contribution in [0.1, 0.15) is 0 Å². The lowest BCUT2D eigenvalue weighted by molar-refractivity contribution is 1.18. The molecular formula is C50H30N4S. The van der Waals surface area contributed by atoms with Crippen molar-refractivity contribution in [3.8, 4) is 32.9 Å². The second-order valence-electron chi connectivity index (χ2n) is 14.3. The maximum absolute atomic E-state index is 4.87. The molecule has 5 heteroatoms. The van der Waals surface area contributed by atoms with Gasteiger partial charge in [-0.25, -0.2) is 0 Å². The second-order valence-corrected chi connectivity index (χ2v) is 15.3. The number of nitrogens with zero attached hydrogens (tertiary/aromatic N) is 4. The molecule has 5 heterocycles. The lowest BCUT2D eigenvalue weighted by Gasteiger charge is -2.11. The molecular weight excluding hydrogens is 689 g/mol. The average Bonchev–Trinajstić information content (AvgIpc) is 3.93. The Morgan fingerprint density at radius 2 is 0.982 bits per heavy atom. The Balaban J connectivity index is 0.991. The Morgan fingerprint density at radius 1 is 0.382 bits per heavy atom. The van der Waals surface area contributed by atoms with Gasteiger partial charge in [0.25, 0.3) is 0 Å². The Kier molecular flexibility index (Phi) is 6.47. The van der Waals surface area contributed by atoms with Crippen LogP contribution in [0.4, 0.5) is 0 Å². The lowest BCUT2D eigenvalue weighted by atomic mass is 10.0. The van der Waals surface area contributed by atoms with E-state index in [1.54, 1.807) is 0 Å². The molecule has 256 valence electrons. The summed E-state index contributed by atoms with van der Waals surface area (Å²) in [6, 6.07) is 61.8. The quantitative estimate of drug-likeness (QED) is 0.170. The van der Waals surface area contributed by atoms with Gasteiger partial charge in [0, 0.05) is 60.7 Å². The number of para-hydroxylation sites is 2. The molecule has 0 saturated heterocycles. The van der Waals surface area contributed by atoms with Crippen molar-refractivity contribution in [1.82, 2.24) is 19.1 Å². The van der Waals surface area contributed by atoms with Crippen molar-refractivity contribution in [1.29, 1.82) is 0 Å². The van der Waals surface area contributed by atoms with Gasteiger partial charge in [-0.05, 0) is 82.7 Å². The maximum Gasteiger partial charge on any atom is 0.101 e. The van der Waals surface area contributed by atoms with Crippen LogP contribution in [-0.2, 0) is 0 Å². The molecule has 0 bridgehead atoms. The summed E-state index contributed by atoms with van der Waals surface area (Å²) >= 11 is 1.84. The van der Waals surface area contributed by atoms with Crippen LogP contribution in [-0.4, -0.2) is 19.1 Å². The minimum Gasteiger partial charge on any atom is -0.309 e. The minimum absolute atomic E-state index is 0.931. The van der Waals surface area contributed by atoms with E-state index in [-0.39, 0.29) is 0 Å². The van der Waals surface area contributed by atoms with Crippen molar-refractivity contribution < 1.29 is 0 Å². The summed E-state index contributed by atoms with van der Waals surface area (Å²) in [6.45, 7) is 0. The monoisotopic (exact) mass is 718 g/mol. The summed E-state index contributed by atoms with van der Waals surface area (Å²) in [7, 11) is 0. The third-order valence-corrected chi connectivity index (χ3v) is 12.3. The summed E-state index contributed by atoms with van der Waals surface area (Å²) in [5.74, 6) is 0. The molecule has 55 heavy (non-hydrogen) atoms. The van der Waals surface area contributed by atoms with Gasteiger partial charge in [0.05, 0.1) is 33.1 Å². The average molecular weight is 719 g/mol. The van der Waals surface area contributed by atoms with Gasteiger partial charge in [0.1, 0.15) is 5.00 Å². The van der Waals surface area contributed by atoms with Crippen molar-refractivity contribution in [2.24, 2.45) is 0 Å². The smallest absolute Gasteiger partial charge is 0.101 e. The molecule has 0 aliphatic rings. The fraction of sp³-hybridized carbons (Fsp3) is 0. The molecule has 12 rings (SSSR count). The van der Waals surface area contributed by atoms with E-state index in [2.05, 4.69) is 178 Å². The largest absolute Gasteiger partial charge is 0.309 e. The topological polar surface area (TPSA) is 35.6 Å². The zero-order valence-electron chi connectivity index (χ0n) is 29.5. The number of benzene rings is 7. The van der Waals surface area contributed by atoms with Crippen LogP contribution in [0.15, 0.2) is 182 Å². The highest BCUT2D eigenvalue weighted by molar-refractivity contribution is 7.21. The van der Waals surface area contributed by atoms with Gasteiger partial charge in [-0.15, -0.1) is 11.3 Å². The summed E-state index contributed by atoms with van der Waals surface area (Å²) in [4.78, 5) is 9.48. The molecule has 0 N–H and O–H groups in total. The molecule has 5 aromatic heterocycles. The van der Waals surface area contributed by atoms with E-state index in [4.69, 9.17) is 4.98 Å². The highest BCUT2D eigenvalue weighted by Crippen LogP contribution is 2.40. The molecule has 0 spiro atoms. The van der Waals surface area contributed by atoms with Crippen LogP contribution in [0.2, 0.25) is 0 Å². The van der Waals surface area contributed by atoms with Gasteiger partial charge < -0.3 is 9.13 Å². The molecule has 12 aromatic rings. The molecule has 4 nitrogen and oxygen atoms in total. The van der Waals surface area contributed by atoms with Gasteiger partial charge in [0.15, 0.2) is 0 Å². The first kappa shape index (κ1) is 30.4. The van der Waals surface area contributed by atoms with Crippen LogP contribution < -0.4 is 0 Å². The predicted octanol–water partition coefficient (Wildman–Crippen LogP) is 13.5. The zero-order chi connectivity index (χ0) is 36.0. The number of fused-ring (bicyclic) bond motifs is 10. The molecule has 0 aliphatic heterocycles. The Labute approximate surface area is 319 Å². The summed E-state index contributed by atoms with van der Waals surface area (Å²) in [6.07, 6.45) is 3.80. The maximum atomic E-state index is 4.87. The Bertz CT molecular complexity index is 3460. The van der Waals surface area contributed by atoms with Crippen LogP contribution in [0.25, 0.3) is 108 Å². The van der Waals surface area contributed by atoms with Crippen molar-refractivity contribution in [2.45, 2.75) is 0 Å². The number of aromatic nitrogens is 4. The SMILES string of the molecule is c1ccc2sc(-n3c4ccccc4c4ccc(-c5ccc6c7ccccc7n(-c7ccc(-c8cnc9c(ccc%10cccnc%109)c8)cc7)c6c5)cc43)cc2c1. The molecule has 0 radical (unpaired) electrons. The summed E-state index contributed by atoms with van der Waals surface area (Å²) in [5, 5.41) is 9.71. The standard InChI is InChI=1S/C50H30N4S/c1-6-14-47-35(8-1)29-48(55-47)54-44-13-5-3-11-40(44)42-24-20-34(28-46(42)54)33-19-23-41-39-10-2-4-12-43(39)53(45(41)27-33)38-21-17-31(18-22-38)37-26-36-16-15-32-9-7-25-51-49(32)50(36)52-30-37/h1-30H. The number of pyridine rings is 2. The number of hydrogen-bond donors (Lipinski definition) is 0. The first-order valence-corrected chi connectivity index (χ1v) is 19.4. The highest BCUT2D eigenvalue weighted by atomic mass is 32.1. The van der Waals surface area contributed by atoms with Crippen LogP contribution in [0, 0.1) is 0 Å². The van der Waals surface area contributed by atoms with Crippen LogP contribution >= 0.6 is 11.3 Å². The molecule has 0 atom stereocenters. The van der Waals surface area contributed by atoms with E-state index in [0.717, 1.165) is 38.6 Å². The number of rotatable bonds is 4. The normalized spacial score (nSPS) is 12.0. The predicted molar refractivity (Wildman–Crippen MR) is 232 cm³/mol. The van der Waals surface area contributed by atoms with E-state index in [9.17, 15) is 0 Å². The summed E-state index contributed by atoms with van der Waals surface area (Å²) in [5.41, 5.74) is 12.4. The third-order valence-electron chi connectivity index (χ3n) is 11.2. The molecule has 0 unspecified atom stereocenters. The summed E-state index contributed by atoms with van der Waals surface area (Å²) < 4.78 is 6.15. The fourth-order valence-electron chi connectivity index (χ4n) is 8.59. The second kappa shape index (κ2) is 11.7. The lowest BCUT2D eigenvalue weighted by Crippen LogP contribution is -1.94. The molecule has 7 aromatic carbocycles. The van der Waals surface area contributed by atoms with Crippen molar-refractivity contribution >= 4 is 86.8 Å². The third kappa shape index (κ3) is 4.64.